The van der Waals surface area contributed by atoms with Crippen molar-refractivity contribution in [3.8, 4) is 5.82 Å². The Bertz CT molecular complexity index is 955. The van der Waals surface area contributed by atoms with Crippen molar-refractivity contribution < 1.29 is 4.79 Å². The number of hydrogen-bond acceptors (Lipinski definition) is 7. The molecular weight excluding hydrogens is 368 g/mol. The molecule has 0 bridgehead atoms. The minimum atomic E-state index is -0.0953. The fourth-order valence-electron chi connectivity index (χ4n) is 3.45. The summed E-state index contributed by atoms with van der Waals surface area (Å²) in [5, 5.41) is 7.15. The Labute approximate surface area is 169 Å². The Balaban J connectivity index is 1.43. The van der Waals surface area contributed by atoms with Crippen LogP contribution in [0.2, 0.25) is 0 Å². The number of nitrogens with zero attached hydrogens (tertiary/aromatic N) is 7. The number of carbonyl (C=O) groups excluding carboxylic acids is 1. The van der Waals surface area contributed by atoms with Crippen LogP contribution < -0.4 is 15.1 Å². The molecule has 3 heterocycles. The SMILES string of the molecule is CN(C)c1ccc(NC(=O)C2CCCN(c3cc(-n4cncn4)ncn3)C2)cc1. The zero-order valence-electron chi connectivity index (χ0n) is 16.6. The molecule has 0 spiro atoms. The summed E-state index contributed by atoms with van der Waals surface area (Å²) in [4.78, 5) is 29.6. The predicted molar refractivity (Wildman–Crippen MR) is 111 cm³/mol. The van der Waals surface area contributed by atoms with Gasteiger partial charge in [-0.3, -0.25) is 4.79 Å². The molecule has 150 valence electrons. The lowest BCUT2D eigenvalue weighted by atomic mass is 9.97. The summed E-state index contributed by atoms with van der Waals surface area (Å²) in [6, 6.07) is 9.73. The number of hydrogen-bond donors (Lipinski definition) is 1. The van der Waals surface area contributed by atoms with Gasteiger partial charge in [0.1, 0.15) is 24.8 Å². The van der Waals surface area contributed by atoms with Gasteiger partial charge in [0.05, 0.1) is 5.92 Å². The number of rotatable bonds is 5. The maximum absolute atomic E-state index is 12.8. The van der Waals surface area contributed by atoms with E-state index in [1.807, 2.05) is 49.3 Å². The number of benzene rings is 1. The Morgan fingerprint density at radius 2 is 1.93 bits per heavy atom. The standard InChI is InChI=1S/C20H24N8O/c1-26(2)17-7-5-16(6-8-17)25-20(29)15-4-3-9-27(11-15)18-10-19(23-13-22-18)28-14-21-12-24-28/h5-8,10,12-15H,3-4,9,11H2,1-2H3,(H,25,29). The topological polar surface area (TPSA) is 92.1 Å². The second-order valence-corrected chi connectivity index (χ2v) is 7.29. The van der Waals surface area contributed by atoms with Crippen LogP contribution in [0.4, 0.5) is 17.2 Å². The summed E-state index contributed by atoms with van der Waals surface area (Å²) in [5.74, 6) is 1.39. The molecule has 0 radical (unpaired) electrons. The van der Waals surface area contributed by atoms with Crippen molar-refractivity contribution in [3.05, 3.63) is 49.3 Å². The first-order valence-electron chi connectivity index (χ1n) is 9.60. The van der Waals surface area contributed by atoms with Crippen molar-refractivity contribution in [2.45, 2.75) is 12.8 Å². The molecule has 1 amide bonds. The Kier molecular flexibility index (Phi) is 5.37. The van der Waals surface area contributed by atoms with E-state index in [9.17, 15) is 4.79 Å². The fraction of sp³-hybridized carbons (Fsp3) is 0.350. The number of anilines is 3. The summed E-state index contributed by atoms with van der Waals surface area (Å²) < 4.78 is 1.59. The van der Waals surface area contributed by atoms with E-state index >= 15 is 0 Å². The first-order chi connectivity index (χ1) is 14.1. The second kappa shape index (κ2) is 8.26. The van der Waals surface area contributed by atoms with Crippen LogP contribution in [0.25, 0.3) is 5.82 Å². The minimum absolute atomic E-state index is 0.0397. The number of aromatic nitrogens is 5. The van der Waals surface area contributed by atoms with Crippen LogP contribution in [0.3, 0.4) is 0 Å². The number of nitrogens with one attached hydrogen (secondary N) is 1. The molecule has 3 aromatic rings. The highest BCUT2D eigenvalue weighted by atomic mass is 16.1. The molecule has 9 nitrogen and oxygen atoms in total. The van der Waals surface area contributed by atoms with Crippen LogP contribution in [0.1, 0.15) is 12.8 Å². The van der Waals surface area contributed by atoms with Gasteiger partial charge in [0.15, 0.2) is 5.82 Å². The van der Waals surface area contributed by atoms with Crippen molar-refractivity contribution in [1.29, 1.82) is 0 Å². The van der Waals surface area contributed by atoms with Crippen LogP contribution in [0.15, 0.2) is 49.3 Å². The number of amides is 1. The summed E-state index contributed by atoms with van der Waals surface area (Å²) in [5.41, 5.74) is 1.91. The van der Waals surface area contributed by atoms with E-state index < -0.39 is 0 Å². The third kappa shape index (κ3) is 4.34. The Hall–Kier alpha value is -3.49. The molecule has 1 unspecified atom stereocenters. The van der Waals surface area contributed by atoms with E-state index in [1.165, 1.54) is 12.7 Å². The molecule has 0 aliphatic carbocycles. The predicted octanol–water partition coefficient (Wildman–Crippen LogP) is 1.98. The molecular formula is C20H24N8O. The van der Waals surface area contributed by atoms with Gasteiger partial charge in [-0.05, 0) is 37.1 Å². The second-order valence-electron chi connectivity index (χ2n) is 7.29. The molecule has 1 atom stereocenters. The normalized spacial score (nSPS) is 16.5. The highest BCUT2D eigenvalue weighted by molar-refractivity contribution is 5.93. The van der Waals surface area contributed by atoms with Crippen molar-refractivity contribution in [2.75, 3.05) is 42.3 Å². The highest BCUT2D eigenvalue weighted by Gasteiger charge is 2.27. The Morgan fingerprint density at radius 3 is 2.66 bits per heavy atom. The van der Waals surface area contributed by atoms with Crippen LogP contribution in [0.5, 0.6) is 0 Å². The summed E-state index contributed by atoms with van der Waals surface area (Å²) >= 11 is 0. The molecule has 29 heavy (non-hydrogen) atoms. The van der Waals surface area contributed by atoms with E-state index in [0.717, 1.165) is 36.6 Å². The fourth-order valence-corrected chi connectivity index (χ4v) is 3.45. The maximum Gasteiger partial charge on any atom is 0.229 e. The van der Waals surface area contributed by atoms with Crippen molar-refractivity contribution in [2.24, 2.45) is 5.92 Å². The lowest BCUT2D eigenvalue weighted by molar-refractivity contribution is -0.120. The molecule has 1 aliphatic rings. The smallest absolute Gasteiger partial charge is 0.229 e. The minimum Gasteiger partial charge on any atom is -0.378 e. The summed E-state index contributed by atoms with van der Waals surface area (Å²) in [6.45, 7) is 1.48. The first-order valence-corrected chi connectivity index (χ1v) is 9.60. The van der Waals surface area contributed by atoms with E-state index in [1.54, 1.807) is 11.0 Å². The van der Waals surface area contributed by atoms with Crippen LogP contribution in [0, 0.1) is 5.92 Å². The third-order valence-corrected chi connectivity index (χ3v) is 5.06. The molecule has 1 aliphatic heterocycles. The molecule has 2 aromatic heterocycles. The first kappa shape index (κ1) is 18.9. The van der Waals surface area contributed by atoms with E-state index in [0.29, 0.717) is 12.4 Å². The molecule has 1 N–H and O–H groups in total. The molecule has 9 heteroatoms. The average Bonchev–Trinajstić information content (AvgIpc) is 3.29. The van der Waals surface area contributed by atoms with Gasteiger partial charge in [0.2, 0.25) is 5.91 Å². The van der Waals surface area contributed by atoms with Crippen LogP contribution in [-0.4, -0.2) is 57.8 Å². The zero-order chi connectivity index (χ0) is 20.2. The van der Waals surface area contributed by atoms with Gasteiger partial charge in [0, 0.05) is 44.6 Å². The van der Waals surface area contributed by atoms with Gasteiger partial charge in [-0.15, -0.1) is 0 Å². The largest absolute Gasteiger partial charge is 0.378 e. The monoisotopic (exact) mass is 392 g/mol. The summed E-state index contributed by atoms with van der Waals surface area (Å²) in [7, 11) is 3.98. The van der Waals surface area contributed by atoms with Crippen LogP contribution in [-0.2, 0) is 4.79 Å². The zero-order valence-corrected chi connectivity index (χ0v) is 16.6. The van der Waals surface area contributed by atoms with Gasteiger partial charge in [-0.25, -0.2) is 19.6 Å². The van der Waals surface area contributed by atoms with Gasteiger partial charge >= 0.3 is 0 Å². The molecule has 1 fully saturated rings. The van der Waals surface area contributed by atoms with Gasteiger partial charge in [0.25, 0.3) is 0 Å². The van der Waals surface area contributed by atoms with Gasteiger partial charge in [-0.2, -0.15) is 5.10 Å². The third-order valence-electron chi connectivity index (χ3n) is 5.06. The number of carbonyl (C=O) groups is 1. The number of piperidine rings is 1. The van der Waals surface area contributed by atoms with E-state index in [2.05, 4.69) is 30.3 Å². The van der Waals surface area contributed by atoms with Crippen LogP contribution >= 0.6 is 0 Å². The molecule has 0 saturated carbocycles. The highest BCUT2D eigenvalue weighted by Crippen LogP contribution is 2.24. The average molecular weight is 392 g/mol. The molecule has 4 rings (SSSR count). The van der Waals surface area contributed by atoms with E-state index in [4.69, 9.17) is 0 Å². The van der Waals surface area contributed by atoms with Crippen molar-refractivity contribution in [1.82, 2.24) is 24.7 Å². The lowest BCUT2D eigenvalue weighted by Gasteiger charge is -2.32. The van der Waals surface area contributed by atoms with Crippen molar-refractivity contribution >= 4 is 23.1 Å². The molecule has 1 saturated heterocycles. The summed E-state index contributed by atoms with van der Waals surface area (Å²) in [6.07, 6.45) is 6.37. The molecule has 1 aromatic carbocycles. The lowest BCUT2D eigenvalue weighted by Crippen LogP contribution is -2.41. The van der Waals surface area contributed by atoms with Gasteiger partial charge < -0.3 is 15.1 Å². The van der Waals surface area contributed by atoms with Crippen molar-refractivity contribution in [3.63, 3.8) is 0 Å². The van der Waals surface area contributed by atoms with Gasteiger partial charge in [-0.1, -0.05) is 0 Å². The van der Waals surface area contributed by atoms with E-state index in [-0.39, 0.29) is 11.8 Å². The quantitative estimate of drug-likeness (QED) is 0.710. The maximum atomic E-state index is 12.8. The Morgan fingerprint density at radius 1 is 1.14 bits per heavy atom.